The molecule has 180 valence electrons. The van der Waals surface area contributed by atoms with E-state index >= 15 is 0 Å². The third kappa shape index (κ3) is 5.24. The summed E-state index contributed by atoms with van der Waals surface area (Å²) in [7, 11) is 0. The first-order valence-electron chi connectivity index (χ1n) is 12.1. The summed E-state index contributed by atoms with van der Waals surface area (Å²) in [6.45, 7) is 2.22. The molecule has 1 saturated carbocycles. The van der Waals surface area contributed by atoms with Crippen LogP contribution in [-0.2, 0) is 14.3 Å². The van der Waals surface area contributed by atoms with Crippen LogP contribution in [0.25, 0.3) is 11.1 Å². The van der Waals surface area contributed by atoms with Crippen molar-refractivity contribution >= 4 is 18.0 Å². The Morgan fingerprint density at radius 1 is 1.03 bits per heavy atom. The van der Waals surface area contributed by atoms with Crippen LogP contribution >= 0.6 is 0 Å². The Kier molecular flexibility index (Phi) is 7.50. The summed E-state index contributed by atoms with van der Waals surface area (Å²) in [5, 5.41) is 14.9. The molecule has 7 nitrogen and oxygen atoms in total. The van der Waals surface area contributed by atoms with Gasteiger partial charge >= 0.3 is 12.1 Å². The Morgan fingerprint density at radius 3 is 2.18 bits per heavy atom. The highest BCUT2D eigenvalue weighted by molar-refractivity contribution is 5.80. The quantitative estimate of drug-likeness (QED) is 0.486. The number of carbonyl (C=O) groups is 3. The lowest BCUT2D eigenvalue weighted by Crippen LogP contribution is -2.42. The van der Waals surface area contributed by atoms with Gasteiger partial charge in [0, 0.05) is 24.9 Å². The maximum Gasteiger partial charge on any atom is 0.407 e. The minimum absolute atomic E-state index is 0.0269. The Hall–Kier alpha value is -3.35. The molecule has 2 amide bonds. The highest BCUT2D eigenvalue weighted by Gasteiger charge is 2.33. The molecule has 2 aliphatic carbocycles. The van der Waals surface area contributed by atoms with Crippen LogP contribution in [-0.4, -0.2) is 42.3 Å². The molecule has 34 heavy (non-hydrogen) atoms. The van der Waals surface area contributed by atoms with Crippen molar-refractivity contribution in [3.63, 3.8) is 0 Å². The molecule has 2 aromatic rings. The molecular formula is C27H32N2O5. The number of carboxylic acids is 1. The lowest BCUT2D eigenvalue weighted by molar-refractivity contribution is -0.144. The van der Waals surface area contributed by atoms with Gasteiger partial charge in [-0.05, 0) is 47.4 Å². The second kappa shape index (κ2) is 10.7. The molecule has 1 unspecified atom stereocenters. The molecule has 7 heteroatoms. The van der Waals surface area contributed by atoms with Gasteiger partial charge in [-0.3, -0.25) is 9.59 Å². The predicted octanol–water partition coefficient (Wildman–Crippen LogP) is 4.31. The first-order chi connectivity index (χ1) is 16.5. The van der Waals surface area contributed by atoms with Crippen LogP contribution in [0.1, 0.15) is 56.1 Å². The van der Waals surface area contributed by atoms with E-state index in [9.17, 15) is 19.5 Å². The van der Waals surface area contributed by atoms with Crippen LogP contribution in [0.4, 0.5) is 4.79 Å². The number of hydrogen-bond acceptors (Lipinski definition) is 4. The number of aliphatic carboxylic acids is 1. The topological polar surface area (TPSA) is 105 Å². The Morgan fingerprint density at radius 2 is 1.65 bits per heavy atom. The number of rotatable bonds is 10. The standard InChI is InChI=1S/C27H32N2O5/c1-2-18(14-25(30)28-15-23(26(31)32)17-8-7-9-17)29-27(33)34-16-24-21-12-5-3-10-19(21)20-11-4-6-13-22(20)24/h3-6,10-13,17-18,23-24H,2,7-9,14-16H2,1H3,(H,28,30)(H,29,33)(H,31,32)/t18-,23?/m0/s1. The van der Waals surface area contributed by atoms with Crippen molar-refractivity contribution in [3.05, 3.63) is 59.7 Å². The molecule has 0 aliphatic heterocycles. The predicted molar refractivity (Wildman–Crippen MR) is 128 cm³/mol. The fourth-order valence-corrected chi connectivity index (χ4v) is 4.92. The minimum Gasteiger partial charge on any atom is -0.481 e. The van der Waals surface area contributed by atoms with E-state index in [-0.39, 0.29) is 43.4 Å². The number of amides is 2. The lowest BCUT2D eigenvalue weighted by atomic mass is 9.76. The van der Waals surface area contributed by atoms with Gasteiger partial charge in [0.25, 0.3) is 0 Å². The number of benzene rings is 2. The summed E-state index contributed by atoms with van der Waals surface area (Å²) in [5.74, 6) is -1.57. The third-order valence-electron chi connectivity index (χ3n) is 7.15. The lowest BCUT2D eigenvalue weighted by Gasteiger charge is -2.31. The van der Waals surface area contributed by atoms with Crippen molar-refractivity contribution in [1.29, 1.82) is 0 Å². The van der Waals surface area contributed by atoms with Crippen molar-refractivity contribution in [2.24, 2.45) is 11.8 Å². The Labute approximate surface area is 199 Å². The SMILES string of the molecule is CC[C@@H](CC(=O)NCC(C(=O)O)C1CCC1)NC(=O)OCC1c2ccccc2-c2ccccc21. The highest BCUT2D eigenvalue weighted by Crippen LogP contribution is 2.44. The number of alkyl carbamates (subject to hydrolysis) is 1. The van der Waals surface area contributed by atoms with Crippen LogP contribution in [0.5, 0.6) is 0 Å². The monoisotopic (exact) mass is 464 g/mol. The van der Waals surface area contributed by atoms with Gasteiger partial charge in [-0.25, -0.2) is 4.79 Å². The fraction of sp³-hybridized carbons (Fsp3) is 0.444. The molecule has 0 spiro atoms. The molecular weight excluding hydrogens is 432 g/mol. The molecule has 2 aromatic carbocycles. The first-order valence-corrected chi connectivity index (χ1v) is 12.1. The van der Waals surface area contributed by atoms with Gasteiger partial charge < -0.3 is 20.5 Å². The van der Waals surface area contributed by atoms with Gasteiger partial charge in [0.05, 0.1) is 5.92 Å². The molecule has 0 heterocycles. The first kappa shape index (κ1) is 23.8. The number of carbonyl (C=O) groups excluding carboxylic acids is 2. The van der Waals surface area contributed by atoms with E-state index in [0.29, 0.717) is 6.42 Å². The van der Waals surface area contributed by atoms with Gasteiger partial charge in [-0.1, -0.05) is 61.9 Å². The van der Waals surface area contributed by atoms with Gasteiger partial charge in [0.2, 0.25) is 5.91 Å². The van der Waals surface area contributed by atoms with E-state index in [1.807, 2.05) is 31.2 Å². The number of carboxylic acid groups (broad SMARTS) is 1. The van der Waals surface area contributed by atoms with Crippen LogP contribution in [0.15, 0.2) is 48.5 Å². The van der Waals surface area contributed by atoms with Crippen LogP contribution < -0.4 is 10.6 Å². The second-order valence-corrected chi connectivity index (χ2v) is 9.22. The summed E-state index contributed by atoms with van der Waals surface area (Å²) in [5.41, 5.74) is 4.61. The zero-order chi connectivity index (χ0) is 24.1. The number of ether oxygens (including phenoxy) is 1. The van der Waals surface area contributed by atoms with Crippen LogP contribution in [0, 0.1) is 11.8 Å². The van der Waals surface area contributed by atoms with Gasteiger partial charge in [0.15, 0.2) is 0 Å². The molecule has 2 atom stereocenters. The molecule has 0 aromatic heterocycles. The van der Waals surface area contributed by atoms with E-state index in [2.05, 4.69) is 34.9 Å². The van der Waals surface area contributed by atoms with E-state index in [1.54, 1.807) is 0 Å². The normalized spacial score (nSPS) is 16.5. The molecule has 2 aliphatic rings. The average Bonchev–Trinajstić information content (AvgIpc) is 3.12. The number of fused-ring (bicyclic) bond motifs is 3. The largest absolute Gasteiger partial charge is 0.481 e. The van der Waals surface area contributed by atoms with E-state index < -0.39 is 18.0 Å². The summed E-state index contributed by atoms with van der Waals surface area (Å²) in [6, 6.07) is 15.9. The fourth-order valence-electron chi connectivity index (χ4n) is 4.92. The smallest absolute Gasteiger partial charge is 0.407 e. The maximum absolute atomic E-state index is 12.5. The summed E-state index contributed by atoms with van der Waals surface area (Å²) in [4.78, 5) is 36.4. The zero-order valence-electron chi connectivity index (χ0n) is 19.5. The zero-order valence-corrected chi connectivity index (χ0v) is 19.5. The van der Waals surface area contributed by atoms with Crippen molar-refractivity contribution < 1.29 is 24.2 Å². The Bertz CT molecular complexity index is 1000. The molecule has 4 rings (SSSR count). The minimum atomic E-state index is -0.867. The van der Waals surface area contributed by atoms with Crippen LogP contribution in [0.3, 0.4) is 0 Å². The number of hydrogen-bond donors (Lipinski definition) is 3. The molecule has 0 bridgehead atoms. The summed E-state index contributed by atoms with van der Waals surface area (Å²) < 4.78 is 5.58. The van der Waals surface area contributed by atoms with Crippen molar-refractivity contribution in [3.8, 4) is 11.1 Å². The highest BCUT2D eigenvalue weighted by atomic mass is 16.5. The van der Waals surface area contributed by atoms with E-state index in [1.165, 1.54) is 0 Å². The summed E-state index contributed by atoms with van der Waals surface area (Å²) >= 11 is 0. The Balaban J connectivity index is 1.27. The van der Waals surface area contributed by atoms with Crippen LogP contribution in [0.2, 0.25) is 0 Å². The van der Waals surface area contributed by atoms with E-state index in [4.69, 9.17) is 4.74 Å². The van der Waals surface area contributed by atoms with Crippen molar-refractivity contribution in [2.45, 2.75) is 51.0 Å². The van der Waals surface area contributed by atoms with Gasteiger partial charge in [0.1, 0.15) is 6.61 Å². The summed E-state index contributed by atoms with van der Waals surface area (Å²) in [6.07, 6.45) is 2.92. The molecule has 3 N–H and O–H groups in total. The second-order valence-electron chi connectivity index (χ2n) is 9.22. The number of nitrogens with one attached hydrogen (secondary N) is 2. The third-order valence-corrected chi connectivity index (χ3v) is 7.15. The van der Waals surface area contributed by atoms with Gasteiger partial charge in [-0.2, -0.15) is 0 Å². The average molecular weight is 465 g/mol. The molecule has 1 fully saturated rings. The molecule has 0 radical (unpaired) electrons. The van der Waals surface area contributed by atoms with Gasteiger partial charge in [-0.15, -0.1) is 0 Å². The van der Waals surface area contributed by atoms with Crippen molar-refractivity contribution in [2.75, 3.05) is 13.2 Å². The maximum atomic E-state index is 12.5. The molecule has 0 saturated heterocycles. The van der Waals surface area contributed by atoms with E-state index in [0.717, 1.165) is 41.5 Å². The van der Waals surface area contributed by atoms with Crippen molar-refractivity contribution in [1.82, 2.24) is 10.6 Å².